The van der Waals surface area contributed by atoms with Gasteiger partial charge in [0.1, 0.15) is 11.6 Å². The Balaban J connectivity index is 1.52. The second kappa shape index (κ2) is 6.49. The lowest BCUT2D eigenvalue weighted by Gasteiger charge is -2.24. The Morgan fingerprint density at radius 3 is 3.08 bits per heavy atom. The van der Waals surface area contributed by atoms with Crippen LogP contribution in [0.3, 0.4) is 0 Å². The topological polar surface area (TPSA) is 99.8 Å². The Morgan fingerprint density at radius 2 is 2.31 bits per heavy atom. The summed E-state index contributed by atoms with van der Waals surface area (Å²) in [5, 5.41) is 7.04. The highest BCUT2D eigenvalue weighted by atomic mass is 19.1. The van der Waals surface area contributed by atoms with Gasteiger partial charge in [0, 0.05) is 26.3 Å². The van der Waals surface area contributed by atoms with Crippen LogP contribution in [0.1, 0.15) is 34.3 Å². The molecule has 0 aliphatic carbocycles. The minimum absolute atomic E-state index is 0.00427. The molecular formula is C17H19FN6O2. The molecule has 0 bridgehead atoms. The van der Waals surface area contributed by atoms with Crippen LogP contribution in [0.25, 0.3) is 11.0 Å². The molecule has 4 rings (SSSR count). The largest absolute Gasteiger partial charge is 0.376 e. The van der Waals surface area contributed by atoms with Crippen LogP contribution in [0, 0.1) is 12.7 Å². The lowest BCUT2D eigenvalue weighted by atomic mass is 10.00. The van der Waals surface area contributed by atoms with Gasteiger partial charge in [-0.05, 0) is 19.4 Å². The first-order chi connectivity index (χ1) is 12.5. The van der Waals surface area contributed by atoms with E-state index in [0.29, 0.717) is 30.0 Å². The third-order valence-electron chi connectivity index (χ3n) is 4.70. The first-order valence-corrected chi connectivity index (χ1v) is 8.41. The lowest BCUT2D eigenvalue weighted by molar-refractivity contribution is 0.0547. The zero-order valence-corrected chi connectivity index (χ0v) is 14.5. The summed E-state index contributed by atoms with van der Waals surface area (Å²) < 4.78 is 20.1. The van der Waals surface area contributed by atoms with Crippen molar-refractivity contribution in [2.75, 3.05) is 20.2 Å². The number of nitrogens with one attached hydrogen (secondary N) is 2. The Hall–Kier alpha value is -2.81. The number of aryl methyl sites for hydroxylation is 1. The van der Waals surface area contributed by atoms with E-state index in [2.05, 4.69) is 25.1 Å². The SMILES string of the molecule is Cc1nc([C@@H]2CCO[C@@H]2CN(C)C(=O)c2cc3nc[nH]c3cc2F)n[nH]1. The molecule has 1 amide bonds. The molecule has 3 heterocycles. The molecule has 1 saturated heterocycles. The minimum atomic E-state index is -0.577. The first-order valence-electron chi connectivity index (χ1n) is 8.41. The van der Waals surface area contributed by atoms with Crippen LogP contribution in [0.15, 0.2) is 18.5 Å². The van der Waals surface area contributed by atoms with Gasteiger partial charge in [0.15, 0.2) is 5.82 Å². The number of benzene rings is 1. The smallest absolute Gasteiger partial charge is 0.256 e. The lowest BCUT2D eigenvalue weighted by Crippen LogP contribution is -2.36. The maximum atomic E-state index is 14.3. The number of carbonyl (C=O) groups excluding carboxylic acids is 1. The van der Waals surface area contributed by atoms with E-state index >= 15 is 0 Å². The van der Waals surface area contributed by atoms with Gasteiger partial charge in [0.05, 0.1) is 34.9 Å². The van der Waals surface area contributed by atoms with Gasteiger partial charge in [-0.1, -0.05) is 0 Å². The summed E-state index contributed by atoms with van der Waals surface area (Å²) in [6.07, 6.45) is 2.03. The van der Waals surface area contributed by atoms with Crippen LogP contribution < -0.4 is 0 Å². The third-order valence-corrected chi connectivity index (χ3v) is 4.70. The number of hydrogen-bond acceptors (Lipinski definition) is 5. The summed E-state index contributed by atoms with van der Waals surface area (Å²) in [6, 6.07) is 2.75. The van der Waals surface area contributed by atoms with E-state index in [-0.39, 0.29) is 17.6 Å². The number of aromatic amines is 2. The first kappa shape index (κ1) is 16.6. The van der Waals surface area contributed by atoms with Gasteiger partial charge < -0.3 is 14.6 Å². The van der Waals surface area contributed by atoms with Crippen LogP contribution in [-0.2, 0) is 4.74 Å². The van der Waals surface area contributed by atoms with Crippen molar-refractivity contribution in [2.45, 2.75) is 25.4 Å². The predicted molar refractivity (Wildman–Crippen MR) is 91.2 cm³/mol. The third kappa shape index (κ3) is 2.94. The summed E-state index contributed by atoms with van der Waals surface area (Å²) >= 11 is 0. The molecule has 1 aliphatic rings. The number of rotatable bonds is 4. The fourth-order valence-electron chi connectivity index (χ4n) is 3.33. The molecule has 1 aromatic carbocycles. The predicted octanol–water partition coefficient (Wildman–Crippen LogP) is 1.77. The molecule has 9 heteroatoms. The van der Waals surface area contributed by atoms with Crippen molar-refractivity contribution in [1.82, 2.24) is 30.0 Å². The zero-order chi connectivity index (χ0) is 18.3. The number of H-pyrrole nitrogens is 2. The number of nitrogens with zero attached hydrogens (tertiary/aromatic N) is 4. The standard InChI is InChI=1S/C17H19FN6O2/c1-9-21-16(23-22-9)10-3-4-26-15(10)7-24(2)17(25)11-5-13-14(6-12(11)18)20-8-19-13/h5-6,8,10,15H,3-4,7H2,1-2H3,(H,19,20)(H,21,22,23)/t10-,15-/m1/s1. The van der Waals surface area contributed by atoms with Crippen molar-refractivity contribution in [2.24, 2.45) is 0 Å². The van der Waals surface area contributed by atoms with Gasteiger partial charge in [0.25, 0.3) is 5.91 Å². The molecule has 1 aliphatic heterocycles. The van der Waals surface area contributed by atoms with Crippen molar-refractivity contribution in [1.29, 1.82) is 0 Å². The molecule has 136 valence electrons. The average Bonchev–Trinajstić information content (AvgIpc) is 3.33. The van der Waals surface area contributed by atoms with Gasteiger partial charge >= 0.3 is 0 Å². The highest BCUT2D eigenvalue weighted by Gasteiger charge is 2.34. The Kier molecular flexibility index (Phi) is 4.15. The number of ether oxygens (including phenoxy) is 1. The zero-order valence-electron chi connectivity index (χ0n) is 14.5. The fraction of sp³-hybridized carbons (Fsp3) is 0.412. The molecule has 0 radical (unpaired) electrons. The highest BCUT2D eigenvalue weighted by molar-refractivity contribution is 5.97. The minimum Gasteiger partial charge on any atom is -0.376 e. The van der Waals surface area contributed by atoms with Crippen LogP contribution in [0.5, 0.6) is 0 Å². The van der Waals surface area contributed by atoms with Crippen molar-refractivity contribution >= 4 is 16.9 Å². The van der Waals surface area contributed by atoms with Gasteiger partial charge in [0.2, 0.25) is 0 Å². The number of aromatic nitrogens is 5. The van der Waals surface area contributed by atoms with Crippen molar-refractivity contribution in [3.63, 3.8) is 0 Å². The second-order valence-electron chi connectivity index (χ2n) is 6.52. The van der Waals surface area contributed by atoms with Gasteiger partial charge in [-0.25, -0.2) is 14.4 Å². The number of hydrogen-bond donors (Lipinski definition) is 2. The number of carbonyl (C=O) groups is 1. The number of halogens is 1. The molecular weight excluding hydrogens is 339 g/mol. The Bertz CT molecular complexity index is 952. The molecule has 0 spiro atoms. The Labute approximate surface area is 148 Å². The van der Waals surface area contributed by atoms with Crippen molar-refractivity contribution in [3.8, 4) is 0 Å². The number of fused-ring (bicyclic) bond motifs is 1. The molecule has 0 unspecified atom stereocenters. The maximum Gasteiger partial charge on any atom is 0.256 e. The van der Waals surface area contributed by atoms with Gasteiger partial charge in [-0.15, -0.1) is 0 Å². The van der Waals surface area contributed by atoms with E-state index in [1.165, 1.54) is 23.4 Å². The van der Waals surface area contributed by atoms with E-state index < -0.39 is 11.7 Å². The molecule has 2 aromatic heterocycles. The molecule has 8 nitrogen and oxygen atoms in total. The second-order valence-corrected chi connectivity index (χ2v) is 6.52. The molecule has 2 N–H and O–H groups in total. The number of amides is 1. The maximum absolute atomic E-state index is 14.3. The molecule has 26 heavy (non-hydrogen) atoms. The average molecular weight is 358 g/mol. The van der Waals surface area contributed by atoms with Crippen molar-refractivity contribution < 1.29 is 13.9 Å². The van der Waals surface area contributed by atoms with E-state index in [1.807, 2.05) is 6.92 Å². The van der Waals surface area contributed by atoms with Crippen LogP contribution in [0.2, 0.25) is 0 Å². The summed E-state index contributed by atoms with van der Waals surface area (Å²) in [4.78, 5) is 25.5. The monoisotopic (exact) mass is 358 g/mol. The van der Waals surface area contributed by atoms with Crippen LogP contribution in [0.4, 0.5) is 4.39 Å². The van der Waals surface area contributed by atoms with Crippen LogP contribution in [-0.4, -0.2) is 62.3 Å². The number of imidazole rings is 1. The fourth-order valence-corrected chi connectivity index (χ4v) is 3.33. The van der Waals surface area contributed by atoms with E-state index in [4.69, 9.17) is 4.74 Å². The summed E-state index contributed by atoms with van der Waals surface area (Å²) in [6.45, 7) is 2.75. The quantitative estimate of drug-likeness (QED) is 0.740. The number of likely N-dealkylation sites (N-methyl/N-ethyl adjacent to an activating group) is 1. The van der Waals surface area contributed by atoms with Gasteiger partial charge in [-0.2, -0.15) is 5.10 Å². The van der Waals surface area contributed by atoms with E-state index in [0.717, 1.165) is 12.2 Å². The molecule has 0 saturated carbocycles. The summed E-state index contributed by atoms with van der Waals surface area (Å²) in [5.41, 5.74) is 1.10. The van der Waals surface area contributed by atoms with Gasteiger partial charge in [-0.3, -0.25) is 9.89 Å². The van der Waals surface area contributed by atoms with E-state index in [1.54, 1.807) is 7.05 Å². The van der Waals surface area contributed by atoms with Crippen molar-refractivity contribution in [3.05, 3.63) is 41.5 Å². The normalized spacial score (nSPS) is 20.0. The Morgan fingerprint density at radius 1 is 1.46 bits per heavy atom. The van der Waals surface area contributed by atoms with E-state index in [9.17, 15) is 9.18 Å². The molecule has 3 aromatic rings. The molecule has 2 atom stereocenters. The summed E-state index contributed by atoms with van der Waals surface area (Å²) in [7, 11) is 1.64. The summed E-state index contributed by atoms with van der Waals surface area (Å²) in [5.74, 6) is 0.452. The molecule has 1 fully saturated rings. The highest BCUT2D eigenvalue weighted by Crippen LogP contribution is 2.30. The van der Waals surface area contributed by atoms with Crippen LogP contribution >= 0.6 is 0 Å².